The predicted octanol–water partition coefficient (Wildman–Crippen LogP) is 6.02. The minimum atomic E-state index is -0.970. The summed E-state index contributed by atoms with van der Waals surface area (Å²) in [5, 5.41) is 9.36. The van der Waals surface area contributed by atoms with Crippen molar-refractivity contribution in [2.75, 3.05) is 0 Å². The third-order valence-electron chi connectivity index (χ3n) is 7.05. The topological polar surface area (TPSA) is 76.1 Å². The summed E-state index contributed by atoms with van der Waals surface area (Å²) in [6.07, 6.45) is 2.69. The molecule has 1 N–H and O–H groups in total. The summed E-state index contributed by atoms with van der Waals surface area (Å²) in [6, 6.07) is 25.0. The molecule has 3 aromatic carbocycles. The quantitative estimate of drug-likeness (QED) is 0.382. The molecule has 0 saturated carbocycles. The van der Waals surface area contributed by atoms with Crippen LogP contribution in [0.3, 0.4) is 0 Å². The molecule has 1 unspecified atom stereocenters. The fourth-order valence-electron chi connectivity index (χ4n) is 4.94. The van der Waals surface area contributed by atoms with Crippen molar-refractivity contribution in [3.8, 4) is 0 Å². The third kappa shape index (κ3) is 5.71. The molecule has 0 bridgehead atoms. The number of carboxylic acids is 1. The average Bonchev–Trinajstić information content (AvgIpc) is 3.39. The fraction of sp³-hybridized carbons (Fsp3) is 0.250. The van der Waals surface area contributed by atoms with Crippen LogP contribution >= 0.6 is 0 Å². The molecule has 1 amide bonds. The monoisotopic (exact) mass is 509 g/mol. The van der Waals surface area contributed by atoms with Crippen molar-refractivity contribution >= 4 is 11.9 Å². The molecule has 5 rings (SSSR count). The summed E-state index contributed by atoms with van der Waals surface area (Å²) in [4.78, 5) is 27.0. The van der Waals surface area contributed by atoms with Gasteiger partial charge in [-0.1, -0.05) is 73.7 Å². The highest BCUT2D eigenvalue weighted by atomic mass is 16.5. The van der Waals surface area contributed by atoms with Gasteiger partial charge in [0, 0.05) is 25.1 Å². The maximum atomic E-state index is 13.9. The number of carbonyl (C=O) groups is 2. The van der Waals surface area contributed by atoms with Gasteiger partial charge < -0.3 is 19.5 Å². The summed E-state index contributed by atoms with van der Waals surface area (Å²) < 4.78 is 12.6. The molecule has 2 aliphatic rings. The van der Waals surface area contributed by atoms with E-state index in [1.807, 2.05) is 66.7 Å². The molecule has 0 spiro atoms. The first-order valence-electron chi connectivity index (χ1n) is 12.9. The van der Waals surface area contributed by atoms with Gasteiger partial charge in [0.2, 0.25) is 0 Å². The standard InChI is InChI=1S/C32H31NO5/c1-2-24-16-28(31(34)33-18-26-14-13-25(32(35)36)15-27(26)19-33)30(38-21-23-11-7-4-8-12-23)17-29(24)37-20-22-9-5-3-6-10-22/h3-16,30H,2,17-21H2,1H3,(H,35,36). The minimum Gasteiger partial charge on any atom is -0.493 e. The average molecular weight is 510 g/mol. The zero-order chi connectivity index (χ0) is 26.5. The number of fused-ring (bicyclic) bond motifs is 1. The Balaban J connectivity index is 1.39. The summed E-state index contributed by atoms with van der Waals surface area (Å²) >= 11 is 0. The second-order valence-corrected chi connectivity index (χ2v) is 9.62. The van der Waals surface area contributed by atoms with Gasteiger partial charge in [-0.3, -0.25) is 4.79 Å². The number of benzene rings is 3. The molecule has 1 aliphatic carbocycles. The van der Waals surface area contributed by atoms with Gasteiger partial charge in [-0.15, -0.1) is 0 Å². The number of amides is 1. The van der Waals surface area contributed by atoms with Crippen LogP contribution in [0.4, 0.5) is 0 Å². The highest BCUT2D eigenvalue weighted by molar-refractivity contribution is 5.96. The van der Waals surface area contributed by atoms with E-state index < -0.39 is 12.1 Å². The molecule has 1 aliphatic heterocycles. The molecule has 194 valence electrons. The van der Waals surface area contributed by atoms with Gasteiger partial charge in [0.15, 0.2) is 0 Å². The highest BCUT2D eigenvalue weighted by Crippen LogP contribution is 2.34. The summed E-state index contributed by atoms with van der Waals surface area (Å²) in [7, 11) is 0. The van der Waals surface area contributed by atoms with E-state index in [1.165, 1.54) is 0 Å². The molecular weight excluding hydrogens is 478 g/mol. The SMILES string of the molecule is CCC1=C(OCc2ccccc2)CC(OCc2ccccc2)C(C(=O)N2Cc3ccc(C(=O)O)cc3C2)=C1. The van der Waals surface area contributed by atoms with Crippen molar-refractivity contribution < 1.29 is 24.2 Å². The Bertz CT molecular complexity index is 1380. The van der Waals surface area contributed by atoms with Gasteiger partial charge in [-0.05, 0) is 52.5 Å². The lowest BCUT2D eigenvalue weighted by molar-refractivity contribution is -0.129. The van der Waals surface area contributed by atoms with Crippen molar-refractivity contribution in [2.45, 2.75) is 52.2 Å². The van der Waals surface area contributed by atoms with Crippen LogP contribution in [0.15, 0.2) is 102 Å². The van der Waals surface area contributed by atoms with Crippen LogP contribution in [0.2, 0.25) is 0 Å². The minimum absolute atomic E-state index is 0.0933. The zero-order valence-corrected chi connectivity index (χ0v) is 21.4. The van der Waals surface area contributed by atoms with E-state index in [4.69, 9.17) is 9.47 Å². The Labute approximate surface area is 222 Å². The van der Waals surface area contributed by atoms with Gasteiger partial charge >= 0.3 is 5.97 Å². The van der Waals surface area contributed by atoms with Gasteiger partial charge in [0.25, 0.3) is 5.91 Å². The highest BCUT2D eigenvalue weighted by Gasteiger charge is 2.34. The molecule has 6 heteroatoms. The van der Waals surface area contributed by atoms with Crippen molar-refractivity contribution in [1.82, 2.24) is 4.90 Å². The van der Waals surface area contributed by atoms with Gasteiger partial charge in [-0.25, -0.2) is 4.79 Å². The summed E-state index contributed by atoms with van der Waals surface area (Å²) in [5.74, 6) is -0.214. The number of rotatable bonds is 9. The van der Waals surface area contributed by atoms with E-state index in [0.29, 0.717) is 38.3 Å². The smallest absolute Gasteiger partial charge is 0.335 e. The molecule has 1 heterocycles. The number of ether oxygens (including phenoxy) is 2. The van der Waals surface area contributed by atoms with Crippen molar-refractivity contribution in [3.05, 3.63) is 130 Å². The van der Waals surface area contributed by atoms with Crippen molar-refractivity contribution in [3.63, 3.8) is 0 Å². The molecule has 3 aromatic rings. The first-order chi connectivity index (χ1) is 18.5. The number of allylic oxidation sites excluding steroid dienone is 2. The molecule has 0 aromatic heterocycles. The number of hydrogen-bond acceptors (Lipinski definition) is 4. The Kier molecular flexibility index (Phi) is 7.70. The number of hydrogen-bond donors (Lipinski definition) is 1. The van der Waals surface area contributed by atoms with Crippen LogP contribution in [0.5, 0.6) is 0 Å². The molecule has 1 atom stereocenters. The second kappa shape index (κ2) is 11.5. The predicted molar refractivity (Wildman–Crippen MR) is 144 cm³/mol. The van der Waals surface area contributed by atoms with Crippen LogP contribution < -0.4 is 0 Å². The van der Waals surface area contributed by atoms with E-state index >= 15 is 0 Å². The lowest BCUT2D eigenvalue weighted by atomic mass is 9.92. The largest absolute Gasteiger partial charge is 0.493 e. The molecular formula is C32H31NO5. The maximum Gasteiger partial charge on any atom is 0.335 e. The van der Waals surface area contributed by atoms with Crippen LogP contribution in [-0.4, -0.2) is 28.0 Å². The van der Waals surface area contributed by atoms with Gasteiger partial charge in [0.1, 0.15) is 12.4 Å². The van der Waals surface area contributed by atoms with E-state index in [9.17, 15) is 14.7 Å². The Morgan fingerprint density at radius 3 is 2.21 bits per heavy atom. The van der Waals surface area contributed by atoms with Crippen LogP contribution in [0, 0.1) is 0 Å². The van der Waals surface area contributed by atoms with E-state index in [2.05, 4.69) is 6.92 Å². The zero-order valence-electron chi connectivity index (χ0n) is 21.4. The Hall–Kier alpha value is -4.16. The fourth-order valence-corrected chi connectivity index (χ4v) is 4.94. The third-order valence-corrected chi connectivity index (χ3v) is 7.05. The summed E-state index contributed by atoms with van der Waals surface area (Å²) in [6.45, 7) is 3.71. The molecule has 6 nitrogen and oxygen atoms in total. The van der Waals surface area contributed by atoms with Crippen molar-refractivity contribution in [2.24, 2.45) is 0 Å². The molecule has 38 heavy (non-hydrogen) atoms. The van der Waals surface area contributed by atoms with Gasteiger partial charge in [-0.2, -0.15) is 0 Å². The Morgan fingerprint density at radius 2 is 1.55 bits per heavy atom. The first kappa shape index (κ1) is 25.5. The van der Waals surface area contributed by atoms with Crippen LogP contribution in [0.25, 0.3) is 0 Å². The van der Waals surface area contributed by atoms with E-state index in [-0.39, 0.29) is 11.5 Å². The van der Waals surface area contributed by atoms with E-state index in [0.717, 1.165) is 40.0 Å². The molecule has 0 fully saturated rings. The maximum absolute atomic E-state index is 13.9. The van der Waals surface area contributed by atoms with Crippen LogP contribution in [0.1, 0.15) is 52.4 Å². The normalized spacial score (nSPS) is 16.7. The van der Waals surface area contributed by atoms with Crippen molar-refractivity contribution in [1.29, 1.82) is 0 Å². The second-order valence-electron chi connectivity index (χ2n) is 9.62. The van der Waals surface area contributed by atoms with Gasteiger partial charge in [0.05, 0.1) is 18.3 Å². The van der Waals surface area contributed by atoms with E-state index in [1.54, 1.807) is 23.1 Å². The lowest BCUT2D eigenvalue weighted by Gasteiger charge is -2.30. The Morgan fingerprint density at radius 1 is 0.895 bits per heavy atom. The number of nitrogens with zero attached hydrogens (tertiary/aromatic N) is 1. The number of carboxylic acid groups (broad SMARTS) is 1. The van der Waals surface area contributed by atoms with Crippen LogP contribution in [-0.2, 0) is 40.6 Å². The number of carbonyl (C=O) groups excluding carboxylic acids is 1. The molecule has 0 radical (unpaired) electrons. The summed E-state index contributed by atoms with van der Waals surface area (Å²) in [5.41, 5.74) is 5.79. The lowest BCUT2D eigenvalue weighted by Crippen LogP contribution is -2.35. The number of aromatic carboxylic acids is 1. The molecule has 0 saturated heterocycles. The first-order valence-corrected chi connectivity index (χ1v) is 12.9.